The molecule has 0 saturated carbocycles. The van der Waals surface area contributed by atoms with Gasteiger partial charge in [-0.2, -0.15) is 0 Å². The number of carbonyl (C=O) groups is 2. The number of hydrogen-bond donors (Lipinski definition) is 4. The van der Waals surface area contributed by atoms with Crippen LogP contribution in [0, 0.1) is 0 Å². The molecule has 0 saturated heterocycles. The summed E-state index contributed by atoms with van der Waals surface area (Å²) in [5, 5.41) is 5.35. The molecule has 0 rings (SSSR count). The van der Waals surface area contributed by atoms with Gasteiger partial charge in [-0.3, -0.25) is 9.59 Å². The van der Waals surface area contributed by atoms with E-state index in [1.54, 1.807) is 0 Å². The van der Waals surface area contributed by atoms with Gasteiger partial charge in [-0.05, 0) is 25.0 Å². The summed E-state index contributed by atoms with van der Waals surface area (Å²) < 4.78 is 8.70. The molecule has 0 unspecified atom stereocenters. The van der Waals surface area contributed by atoms with Crippen molar-refractivity contribution in [2.45, 2.75) is 39.5 Å². The summed E-state index contributed by atoms with van der Waals surface area (Å²) in [7, 11) is -2.87. The van der Waals surface area contributed by atoms with Gasteiger partial charge in [0.05, 0.1) is 0 Å². The number of carbonyl (C=O) groups excluding carboxylic acids is 2. The van der Waals surface area contributed by atoms with Crippen LogP contribution in [0.1, 0.15) is 39.5 Å². The summed E-state index contributed by atoms with van der Waals surface area (Å²) in [4.78, 5) is 35.2. The molecule has 0 aromatic heterocycles. The van der Waals surface area contributed by atoms with Crippen molar-refractivity contribution in [1.29, 1.82) is 0 Å². The van der Waals surface area contributed by atoms with Gasteiger partial charge in [0.2, 0.25) is 11.8 Å². The number of amides is 2. The van der Waals surface area contributed by atoms with Crippen molar-refractivity contribution in [2.24, 2.45) is 0 Å². The van der Waals surface area contributed by atoms with Gasteiger partial charge in [0.15, 0.2) is 0 Å². The molecule has 128 valence electrons. The molecule has 4 N–H and O–H groups in total. The smallest absolute Gasteiger partial charge is 0.353 e. The predicted molar refractivity (Wildman–Crippen MR) is 88.3 cm³/mol. The first kappa shape index (κ1) is 25.4. The van der Waals surface area contributed by atoms with Gasteiger partial charge in [0, 0.05) is 17.7 Å². The van der Waals surface area contributed by atoms with Crippen molar-refractivity contribution >= 4 is 20.1 Å². The van der Waals surface area contributed by atoms with Crippen LogP contribution in [0.3, 0.4) is 0 Å². The van der Waals surface area contributed by atoms with E-state index in [0.29, 0.717) is 0 Å². The quantitative estimate of drug-likeness (QED) is 0.307. The van der Waals surface area contributed by atoms with Crippen LogP contribution in [0.15, 0.2) is 25.3 Å². The second-order valence-corrected chi connectivity index (χ2v) is 4.46. The van der Waals surface area contributed by atoms with Gasteiger partial charge in [-0.25, -0.2) is 0 Å². The Morgan fingerprint density at radius 3 is 1.41 bits per heavy atom. The van der Waals surface area contributed by atoms with Crippen molar-refractivity contribution in [1.82, 2.24) is 10.6 Å². The molecule has 0 spiro atoms. The van der Waals surface area contributed by atoms with Crippen LogP contribution in [0.2, 0.25) is 0 Å². The van der Waals surface area contributed by atoms with E-state index >= 15 is 0 Å². The molecule has 0 fully saturated rings. The molecular weight excluding hydrogens is 307 g/mol. The van der Waals surface area contributed by atoms with E-state index in [1.165, 1.54) is 12.2 Å². The van der Waals surface area contributed by atoms with Gasteiger partial charge in [-0.15, -0.1) is 9.79 Å². The van der Waals surface area contributed by atoms with Crippen molar-refractivity contribution < 1.29 is 23.9 Å². The highest BCUT2D eigenvalue weighted by Crippen LogP contribution is 1.98. The number of hydrogen-bond acceptors (Lipinski definition) is 3. The van der Waals surface area contributed by atoms with E-state index in [4.69, 9.17) is 14.4 Å². The molecule has 0 heterocycles. The van der Waals surface area contributed by atoms with E-state index in [0.717, 1.165) is 38.8 Å². The third-order valence-electron chi connectivity index (χ3n) is 2.03. The predicted octanol–water partition coefficient (Wildman–Crippen LogP) is 1.81. The minimum absolute atomic E-state index is 0.0801. The first-order valence-corrected chi connectivity index (χ1v) is 8.17. The summed E-state index contributed by atoms with van der Waals surface area (Å²) in [5.41, 5.74) is 0. The molecule has 2 amide bonds. The maximum absolute atomic E-state index is 10.5. The van der Waals surface area contributed by atoms with Gasteiger partial charge >= 0.3 is 8.25 Å². The lowest BCUT2D eigenvalue weighted by Gasteiger charge is -1.97. The fourth-order valence-electron chi connectivity index (χ4n) is 0.921. The summed E-state index contributed by atoms with van der Waals surface area (Å²) >= 11 is 0. The lowest BCUT2D eigenvalue weighted by Crippen LogP contribution is -2.21. The zero-order valence-electron chi connectivity index (χ0n) is 13.4. The maximum Gasteiger partial charge on any atom is 0.692 e. The Kier molecular flexibility index (Phi) is 25.1. The maximum atomic E-state index is 10.5. The van der Waals surface area contributed by atoms with Crippen LogP contribution in [-0.4, -0.2) is 34.7 Å². The first-order chi connectivity index (χ1) is 10.3. The zero-order chi connectivity index (χ0) is 17.8. The third-order valence-corrected chi connectivity index (χ3v) is 2.03. The minimum atomic E-state index is -2.87. The van der Waals surface area contributed by atoms with Gasteiger partial charge in [-0.1, -0.05) is 39.8 Å². The molecule has 0 aromatic rings. The largest absolute Gasteiger partial charge is 0.692 e. The molecule has 7 nitrogen and oxygen atoms in total. The molecule has 8 heteroatoms. The van der Waals surface area contributed by atoms with E-state index in [-0.39, 0.29) is 11.8 Å². The molecule has 0 atom stereocenters. The zero-order valence-corrected chi connectivity index (χ0v) is 14.3. The van der Waals surface area contributed by atoms with Gasteiger partial charge in [0.25, 0.3) is 0 Å². The Labute approximate surface area is 133 Å². The number of rotatable bonds is 8. The van der Waals surface area contributed by atoms with Gasteiger partial charge in [0.1, 0.15) is 0 Å². The molecule has 0 radical (unpaired) electrons. The molecule has 0 aliphatic heterocycles. The molecule has 0 aliphatic carbocycles. The monoisotopic (exact) mass is 335 g/mol. The standard InChI is InChI=1S/2C7H13NO.HO3P/c2*1-3-5-6-8-7(9)4-2;1-4(2)3/h2*4H,2-3,5-6H2,1H3,(H,8,9);(H-,1,2,3)/p+1. The number of nitrogens with one attached hydrogen (secondary N) is 2. The van der Waals surface area contributed by atoms with E-state index in [9.17, 15) is 9.59 Å². The SMILES string of the molecule is C=CC(=O)NCCCC.C=CC(=O)NCCCC.O=[P+](O)O. The van der Waals surface area contributed by atoms with Crippen LogP contribution in [-0.2, 0) is 14.2 Å². The highest BCUT2D eigenvalue weighted by Gasteiger charge is 1.93. The molecule has 0 aliphatic rings. The summed E-state index contributed by atoms with van der Waals surface area (Å²) in [6, 6.07) is 0. The summed E-state index contributed by atoms with van der Waals surface area (Å²) in [6.07, 6.45) is 6.87. The Morgan fingerprint density at radius 1 is 0.955 bits per heavy atom. The van der Waals surface area contributed by atoms with Crippen molar-refractivity contribution in [3.05, 3.63) is 25.3 Å². The van der Waals surface area contributed by atoms with Crippen LogP contribution < -0.4 is 10.6 Å². The highest BCUT2D eigenvalue weighted by atomic mass is 31.1. The Balaban J connectivity index is -0.000000266. The minimum Gasteiger partial charge on any atom is -0.353 e. The highest BCUT2D eigenvalue weighted by molar-refractivity contribution is 7.30. The van der Waals surface area contributed by atoms with Crippen LogP contribution >= 0.6 is 8.25 Å². The van der Waals surface area contributed by atoms with E-state index < -0.39 is 8.25 Å². The Bertz CT molecular complexity index is 305. The molecule has 0 aromatic carbocycles. The molecule has 0 bridgehead atoms. The molecule has 22 heavy (non-hydrogen) atoms. The first-order valence-electron chi connectivity index (χ1n) is 7.01. The number of unbranched alkanes of at least 4 members (excludes halogenated alkanes) is 2. The van der Waals surface area contributed by atoms with Crippen LogP contribution in [0.25, 0.3) is 0 Å². The average Bonchev–Trinajstić information content (AvgIpc) is 2.47. The fraction of sp³-hybridized carbons (Fsp3) is 0.571. The summed E-state index contributed by atoms with van der Waals surface area (Å²) in [5.74, 6) is -0.160. The topological polar surface area (TPSA) is 116 Å². The van der Waals surface area contributed by atoms with Crippen molar-refractivity contribution in [3.63, 3.8) is 0 Å². The Morgan fingerprint density at radius 2 is 1.23 bits per heavy atom. The van der Waals surface area contributed by atoms with E-state index in [2.05, 4.69) is 37.6 Å². The summed E-state index contributed by atoms with van der Waals surface area (Å²) in [6.45, 7) is 12.4. The second kappa shape index (κ2) is 21.7. The molecular formula is C14H28N2O5P+. The average molecular weight is 335 g/mol. The van der Waals surface area contributed by atoms with Crippen LogP contribution in [0.4, 0.5) is 0 Å². The Hall–Kier alpha value is -1.56. The van der Waals surface area contributed by atoms with Gasteiger partial charge < -0.3 is 10.6 Å². The third kappa shape index (κ3) is 36.2. The second-order valence-electron chi connectivity index (χ2n) is 3.95. The fourth-order valence-corrected chi connectivity index (χ4v) is 0.921. The van der Waals surface area contributed by atoms with Crippen molar-refractivity contribution in [3.8, 4) is 0 Å². The lowest BCUT2D eigenvalue weighted by molar-refractivity contribution is -0.117. The normalized spacial score (nSPS) is 8.18. The van der Waals surface area contributed by atoms with Crippen molar-refractivity contribution in [2.75, 3.05) is 13.1 Å². The lowest BCUT2D eigenvalue weighted by atomic mass is 10.3. The van der Waals surface area contributed by atoms with Crippen LogP contribution in [0.5, 0.6) is 0 Å². The van der Waals surface area contributed by atoms with E-state index in [1.807, 2.05) is 0 Å².